The predicted octanol–water partition coefficient (Wildman–Crippen LogP) is 2.94. The Morgan fingerprint density at radius 3 is 2.50 bits per heavy atom. The molecule has 0 bridgehead atoms. The molecule has 0 aliphatic carbocycles. The van der Waals surface area contributed by atoms with Crippen LogP contribution in [0.15, 0.2) is 36.4 Å². The normalized spacial score (nSPS) is 12.0. The zero-order chi connectivity index (χ0) is 16.2. The quantitative estimate of drug-likeness (QED) is 0.607. The molecule has 6 heteroatoms. The molecule has 5 nitrogen and oxygen atoms in total. The highest BCUT2D eigenvalue weighted by Gasteiger charge is 2.12. The second-order valence-electron chi connectivity index (χ2n) is 5.66. The summed E-state index contributed by atoms with van der Waals surface area (Å²) in [6.45, 7) is 0.995. The van der Waals surface area contributed by atoms with E-state index in [1.165, 1.54) is 0 Å². The molecule has 2 N–H and O–H groups in total. The zero-order valence-electron chi connectivity index (χ0n) is 12.9. The number of unbranched alkanes of at least 4 members (excludes halogenated alkanes) is 1. The topological polar surface area (TPSA) is 69.6 Å². The number of rotatable bonds is 7. The number of hydrogen-bond acceptors (Lipinski definition) is 3. The van der Waals surface area contributed by atoms with Crippen LogP contribution >= 0.6 is 0 Å². The maximum atomic E-state index is 11.3. The van der Waals surface area contributed by atoms with Crippen LogP contribution < -0.4 is 4.72 Å². The van der Waals surface area contributed by atoms with Crippen molar-refractivity contribution in [1.29, 1.82) is 0 Å². The molecule has 0 aliphatic rings. The molecule has 120 valence electrons. The van der Waals surface area contributed by atoms with Gasteiger partial charge in [0.05, 0.1) is 5.69 Å². The molecule has 0 unspecified atom stereocenters. The summed E-state index contributed by atoms with van der Waals surface area (Å²) in [7, 11) is -0.235. The van der Waals surface area contributed by atoms with Crippen molar-refractivity contribution in [2.24, 2.45) is 0 Å². The first-order valence-corrected chi connectivity index (χ1v) is 8.71. The van der Waals surface area contributed by atoms with E-state index in [9.17, 15) is 8.42 Å². The smallest absolute Gasteiger partial charge is 0.309 e. The number of benzene rings is 2. The Morgan fingerprint density at radius 2 is 1.82 bits per heavy atom. The van der Waals surface area contributed by atoms with Gasteiger partial charge in [-0.2, -0.15) is 8.42 Å². The fourth-order valence-electron chi connectivity index (χ4n) is 2.52. The van der Waals surface area contributed by atoms with Crippen molar-refractivity contribution < 1.29 is 13.0 Å². The Hall–Kier alpha value is -1.63. The molecule has 0 radical (unpaired) electrons. The van der Waals surface area contributed by atoms with E-state index in [-0.39, 0.29) is 0 Å². The van der Waals surface area contributed by atoms with Gasteiger partial charge in [0.25, 0.3) is 0 Å². The van der Waals surface area contributed by atoms with Crippen molar-refractivity contribution in [2.75, 3.05) is 25.4 Å². The number of nitrogens with zero attached hydrogens (tertiary/aromatic N) is 1. The number of aryl methyl sites for hydroxylation is 1. The predicted molar refractivity (Wildman–Crippen MR) is 90.6 cm³/mol. The molecule has 2 aromatic rings. The summed E-state index contributed by atoms with van der Waals surface area (Å²) in [6, 6.07) is 11.4. The van der Waals surface area contributed by atoms with E-state index >= 15 is 0 Å². The third-order valence-electron chi connectivity index (χ3n) is 3.55. The van der Waals surface area contributed by atoms with Gasteiger partial charge in [-0.1, -0.05) is 36.4 Å². The molecule has 0 saturated carbocycles. The van der Waals surface area contributed by atoms with Crippen molar-refractivity contribution in [3.05, 3.63) is 42.0 Å². The molecule has 0 amide bonds. The van der Waals surface area contributed by atoms with E-state index < -0.39 is 10.3 Å². The monoisotopic (exact) mass is 322 g/mol. The summed E-state index contributed by atoms with van der Waals surface area (Å²) in [5.41, 5.74) is 1.38. The van der Waals surface area contributed by atoms with Gasteiger partial charge < -0.3 is 4.90 Å². The molecule has 0 spiro atoms. The first-order chi connectivity index (χ1) is 10.4. The van der Waals surface area contributed by atoms with Gasteiger partial charge in [-0.3, -0.25) is 9.27 Å². The van der Waals surface area contributed by atoms with Gasteiger partial charge in [-0.25, -0.2) is 0 Å². The van der Waals surface area contributed by atoms with E-state index in [1.54, 1.807) is 0 Å². The van der Waals surface area contributed by atoms with Crippen LogP contribution in [0.5, 0.6) is 0 Å². The fraction of sp³-hybridized carbons (Fsp3) is 0.375. The lowest BCUT2D eigenvalue weighted by atomic mass is 10.0. The lowest BCUT2D eigenvalue weighted by molar-refractivity contribution is 0.394. The first-order valence-electron chi connectivity index (χ1n) is 7.27. The average Bonchev–Trinajstić information content (AvgIpc) is 2.43. The van der Waals surface area contributed by atoms with Crippen LogP contribution in [-0.2, 0) is 16.7 Å². The van der Waals surface area contributed by atoms with E-state index in [2.05, 4.69) is 9.62 Å². The maximum absolute atomic E-state index is 11.3. The maximum Gasteiger partial charge on any atom is 0.357 e. The standard InChI is InChI=1S/C16H22N2O3S/c1-18(2)12-6-5-8-14-11-10-13-7-3-4-9-15(13)16(14)17-22(19,20)21/h3-4,7,9-11,17H,5-6,8,12H2,1-2H3,(H,19,20,21). The van der Waals surface area contributed by atoms with Crippen molar-refractivity contribution in [1.82, 2.24) is 4.90 Å². The first kappa shape index (κ1) is 16.7. The summed E-state index contributed by atoms with van der Waals surface area (Å²) < 4.78 is 33.9. The fourth-order valence-corrected chi connectivity index (χ4v) is 3.02. The molecule has 0 saturated heterocycles. The summed E-state index contributed by atoms with van der Waals surface area (Å²) in [5, 5.41) is 1.73. The SMILES string of the molecule is CN(C)CCCCc1ccc2ccccc2c1NS(=O)(=O)O. The minimum Gasteiger partial charge on any atom is -0.309 e. The van der Waals surface area contributed by atoms with Crippen molar-refractivity contribution >= 4 is 26.8 Å². The van der Waals surface area contributed by atoms with Crippen molar-refractivity contribution in [3.8, 4) is 0 Å². The molecule has 0 fully saturated rings. The third kappa shape index (κ3) is 4.69. The van der Waals surface area contributed by atoms with Crippen LogP contribution in [0, 0.1) is 0 Å². The van der Waals surface area contributed by atoms with Crippen LogP contribution in [0.2, 0.25) is 0 Å². The largest absolute Gasteiger partial charge is 0.357 e. The van der Waals surface area contributed by atoms with E-state index in [1.807, 2.05) is 50.5 Å². The van der Waals surface area contributed by atoms with E-state index in [0.29, 0.717) is 5.69 Å². The Morgan fingerprint density at radius 1 is 1.09 bits per heavy atom. The zero-order valence-corrected chi connectivity index (χ0v) is 13.7. The molecule has 0 aromatic heterocycles. The van der Waals surface area contributed by atoms with Crippen LogP contribution in [0.4, 0.5) is 5.69 Å². The van der Waals surface area contributed by atoms with E-state index in [4.69, 9.17) is 4.55 Å². The molecular formula is C16H22N2O3S. The van der Waals surface area contributed by atoms with E-state index in [0.717, 1.165) is 42.1 Å². The van der Waals surface area contributed by atoms with Gasteiger partial charge in [0.15, 0.2) is 0 Å². The molecular weight excluding hydrogens is 300 g/mol. The number of nitrogens with one attached hydrogen (secondary N) is 1. The second kappa shape index (κ2) is 7.09. The Balaban J connectivity index is 2.30. The van der Waals surface area contributed by atoms with Crippen LogP contribution in [0.1, 0.15) is 18.4 Å². The number of hydrogen-bond donors (Lipinski definition) is 2. The minimum absolute atomic E-state index is 0.477. The Labute approximate surface area is 131 Å². The van der Waals surface area contributed by atoms with Crippen molar-refractivity contribution in [2.45, 2.75) is 19.3 Å². The highest BCUT2D eigenvalue weighted by Crippen LogP contribution is 2.29. The molecule has 2 aromatic carbocycles. The van der Waals surface area contributed by atoms with Gasteiger partial charge in [-0.05, 0) is 50.9 Å². The van der Waals surface area contributed by atoms with Crippen molar-refractivity contribution in [3.63, 3.8) is 0 Å². The van der Waals surface area contributed by atoms with Gasteiger partial charge in [-0.15, -0.1) is 0 Å². The molecule has 0 heterocycles. The van der Waals surface area contributed by atoms with Gasteiger partial charge in [0.1, 0.15) is 0 Å². The molecule has 2 rings (SSSR count). The van der Waals surface area contributed by atoms with Gasteiger partial charge in [0.2, 0.25) is 0 Å². The number of anilines is 1. The molecule has 22 heavy (non-hydrogen) atoms. The third-order valence-corrected chi connectivity index (χ3v) is 4.01. The average molecular weight is 322 g/mol. The van der Waals surface area contributed by atoms with Gasteiger partial charge in [0, 0.05) is 5.39 Å². The summed E-state index contributed by atoms with van der Waals surface area (Å²) in [4.78, 5) is 2.12. The highest BCUT2D eigenvalue weighted by atomic mass is 32.2. The number of fused-ring (bicyclic) bond motifs is 1. The van der Waals surface area contributed by atoms with Crippen LogP contribution in [-0.4, -0.2) is 38.5 Å². The summed E-state index contributed by atoms with van der Waals surface area (Å²) >= 11 is 0. The van der Waals surface area contributed by atoms with Crippen LogP contribution in [0.25, 0.3) is 10.8 Å². The Bertz CT molecular complexity index is 742. The summed E-state index contributed by atoms with van der Waals surface area (Å²) in [6.07, 6.45) is 2.75. The lowest BCUT2D eigenvalue weighted by Crippen LogP contribution is -2.14. The second-order valence-corrected chi connectivity index (χ2v) is 6.81. The Kier molecular flexibility index (Phi) is 5.39. The van der Waals surface area contributed by atoms with Crippen LogP contribution in [0.3, 0.4) is 0 Å². The molecule has 0 atom stereocenters. The minimum atomic E-state index is -4.29. The van der Waals surface area contributed by atoms with Gasteiger partial charge >= 0.3 is 10.3 Å². The highest BCUT2D eigenvalue weighted by molar-refractivity contribution is 7.87. The summed E-state index contributed by atoms with van der Waals surface area (Å²) in [5.74, 6) is 0. The molecule has 0 aliphatic heterocycles. The lowest BCUT2D eigenvalue weighted by Gasteiger charge is -2.14.